The summed E-state index contributed by atoms with van der Waals surface area (Å²) in [6.45, 7) is 12.3. The van der Waals surface area contributed by atoms with Gasteiger partial charge in [0.1, 0.15) is 18.2 Å². The van der Waals surface area contributed by atoms with E-state index in [0.29, 0.717) is 11.6 Å². The molecule has 0 heterocycles. The van der Waals surface area contributed by atoms with Crippen molar-refractivity contribution in [1.82, 2.24) is 5.32 Å². The van der Waals surface area contributed by atoms with Gasteiger partial charge in [0.2, 0.25) is 0 Å². The van der Waals surface area contributed by atoms with Crippen LogP contribution in [0.5, 0.6) is 5.75 Å². The zero-order valence-electron chi connectivity index (χ0n) is 16.3. The van der Waals surface area contributed by atoms with Crippen LogP contribution >= 0.6 is 11.6 Å². The number of benzene rings is 2. The summed E-state index contributed by atoms with van der Waals surface area (Å²) < 4.78 is 18.9. The van der Waals surface area contributed by atoms with Crippen LogP contribution in [0.15, 0.2) is 42.5 Å². The standard InChI is InChI=1S/C22H29ClFNO/c1-21(2,3)15-22(4,5)25-13-16-7-6-8-19(11-16)26-14-17-9-10-18(24)12-20(17)23/h6-12,25H,13-15H2,1-5H3. The molecule has 0 aliphatic heterocycles. The Morgan fingerprint density at radius 1 is 1.04 bits per heavy atom. The summed E-state index contributed by atoms with van der Waals surface area (Å²) in [5.74, 6) is 0.433. The molecule has 1 N–H and O–H groups in total. The molecule has 0 unspecified atom stereocenters. The molecule has 0 atom stereocenters. The van der Waals surface area contributed by atoms with E-state index in [-0.39, 0.29) is 16.8 Å². The molecule has 2 aromatic rings. The minimum Gasteiger partial charge on any atom is -0.489 e. The number of hydrogen-bond acceptors (Lipinski definition) is 2. The number of hydrogen-bond donors (Lipinski definition) is 1. The van der Waals surface area contributed by atoms with Crippen molar-refractivity contribution in [2.24, 2.45) is 5.41 Å². The Bertz CT molecular complexity index is 737. The Morgan fingerprint density at radius 3 is 2.42 bits per heavy atom. The lowest BCUT2D eigenvalue weighted by molar-refractivity contribution is 0.240. The molecule has 0 saturated carbocycles. The second-order valence-electron chi connectivity index (χ2n) is 8.65. The third-order valence-corrected chi connectivity index (χ3v) is 4.40. The highest BCUT2D eigenvalue weighted by Crippen LogP contribution is 2.27. The molecule has 2 rings (SSSR count). The number of rotatable bonds is 7. The Balaban J connectivity index is 1.95. The van der Waals surface area contributed by atoms with Crippen LogP contribution in [0.4, 0.5) is 4.39 Å². The zero-order valence-corrected chi connectivity index (χ0v) is 17.1. The first-order valence-corrected chi connectivity index (χ1v) is 9.33. The zero-order chi connectivity index (χ0) is 19.4. The van der Waals surface area contributed by atoms with Crippen molar-refractivity contribution in [2.75, 3.05) is 0 Å². The van der Waals surface area contributed by atoms with Gasteiger partial charge >= 0.3 is 0 Å². The van der Waals surface area contributed by atoms with Crippen LogP contribution in [0.2, 0.25) is 5.02 Å². The molecule has 4 heteroatoms. The van der Waals surface area contributed by atoms with Crippen molar-refractivity contribution < 1.29 is 9.13 Å². The van der Waals surface area contributed by atoms with Crippen molar-refractivity contribution in [3.05, 3.63) is 64.4 Å². The van der Waals surface area contributed by atoms with Crippen molar-refractivity contribution in [3.63, 3.8) is 0 Å². The summed E-state index contributed by atoms with van der Waals surface area (Å²) >= 11 is 6.05. The van der Waals surface area contributed by atoms with Gasteiger partial charge in [-0.1, -0.05) is 50.6 Å². The van der Waals surface area contributed by atoms with Crippen LogP contribution in [0.1, 0.15) is 52.2 Å². The van der Waals surface area contributed by atoms with Gasteiger partial charge in [0, 0.05) is 17.6 Å². The van der Waals surface area contributed by atoms with Gasteiger partial charge in [-0.25, -0.2) is 4.39 Å². The minimum absolute atomic E-state index is 0.0523. The summed E-state index contributed by atoms with van der Waals surface area (Å²) in [6, 6.07) is 12.4. The normalized spacial score (nSPS) is 12.3. The summed E-state index contributed by atoms with van der Waals surface area (Å²) in [5.41, 5.74) is 2.25. The highest BCUT2D eigenvalue weighted by atomic mass is 35.5. The lowest BCUT2D eigenvalue weighted by Gasteiger charge is -2.33. The van der Waals surface area contributed by atoms with E-state index in [4.69, 9.17) is 16.3 Å². The molecule has 0 radical (unpaired) electrons. The van der Waals surface area contributed by atoms with Crippen LogP contribution in [0.25, 0.3) is 0 Å². The molecule has 0 spiro atoms. The first-order valence-electron chi connectivity index (χ1n) is 8.95. The van der Waals surface area contributed by atoms with Gasteiger partial charge in [-0.05, 0) is 55.5 Å². The monoisotopic (exact) mass is 377 g/mol. The fourth-order valence-electron chi connectivity index (χ4n) is 3.27. The molecule has 142 valence electrons. The van der Waals surface area contributed by atoms with Crippen LogP contribution in [-0.4, -0.2) is 5.54 Å². The predicted octanol–water partition coefficient (Wildman–Crippen LogP) is 6.36. The molecular weight excluding hydrogens is 349 g/mol. The smallest absolute Gasteiger partial charge is 0.124 e. The Kier molecular flexibility index (Phi) is 6.70. The lowest BCUT2D eigenvalue weighted by atomic mass is 9.82. The third kappa shape index (κ3) is 6.97. The second kappa shape index (κ2) is 8.41. The van der Waals surface area contributed by atoms with Crippen LogP contribution in [0, 0.1) is 11.2 Å². The average Bonchev–Trinajstić information content (AvgIpc) is 2.50. The van der Waals surface area contributed by atoms with E-state index >= 15 is 0 Å². The van der Waals surface area contributed by atoms with Crippen molar-refractivity contribution >= 4 is 11.6 Å². The van der Waals surface area contributed by atoms with Gasteiger partial charge < -0.3 is 10.1 Å². The van der Waals surface area contributed by atoms with E-state index in [9.17, 15) is 4.39 Å². The Labute approximate surface area is 161 Å². The van der Waals surface area contributed by atoms with E-state index in [1.807, 2.05) is 18.2 Å². The second-order valence-corrected chi connectivity index (χ2v) is 9.05. The molecule has 0 fully saturated rings. The topological polar surface area (TPSA) is 21.3 Å². The largest absolute Gasteiger partial charge is 0.489 e. The molecule has 0 aromatic heterocycles. The molecule has 2 nitrogen and oxygen atoms in total. The van der Waals surface area contributed by atoms with Gasteiger partial charge in [0.25, 0.3) is 0 Å². The number of nitrogens with one attached hydrogen (secondary N) is 1. The highest BCUT2D eigenvalue weighted by Gasteiger charge is 2.24. The molecule has 2 aromatic carbocycles. The third-order valence-electron chi connectivity index (χ3n) is 4.05. The molecular formula is C22H29ClFNO. The maximum Gasteiger partial charge on any atom is 0.124 e. The molecule has 0 amide bonds. The van der Waals surface area contributed by atoms with Crippen LogP contribution in [-0.2, 0) is 13.2 Å². The summed E-state index contributed by atoms with van der Waals surface area (Å²) in [6.07, 6.45) is 1.08. The Hall–Kier alpha value is -1.58. The van der Waals surface area contributed by atoms with Crippen molar-refractivity contribution in [3.8, 4) is 5.75 Å². The van der Waals surface area contributed by atoms with E-state index in [1.54, 1.807) is 6.07 Å². The summed E-state index contributed by atoms with van der Waals surface area (Å²) in [7, 11) is 0. The maximum atomic E-state index is 13.1. The summed E-state index contributed by atoms with van der Waals surface area (Å²) in [4.78, 5) is 0. The van der Waals surface area contributed by atoms with E-state index in [2.05, 4.69) is 46.0 Å². The Morgan fingerprint density at radius 2 is 1.77 bits per heavy atom. The van der Waals surface area contributed by atoms with Gasteiger partial charge in [-0.15, -0.1) is 0 Å². The quantitative estimate of drug-likeness (QED) is 0.605. The molecule has 0 saturated heterocycles. The number of ether oxygens (including phenoxy) is 1. The average molecular weight is 378 g/mol. The fraction of sp³-hybridized carbons (Fsp3) is 0.455. The van der Waals surface area contributed by atoms with E-state index < -0.39 is 0 Å². The van der Waals surface area contributed by atoms with Crippen LogP contribution < -0.4 is 10.1 Å². The number of halogens is 2. The van der Waals surface area contributed by atoms with Gasteiger partial charge in [-0.2, -0.15) is 0 Å². The van der Waals surface area contributed by atoms with Gasteiger partial charge in [0.15, 0.2) is 0 Å². The van der Waals surface area contributed by atoms with E-state index in [1.165, 1.54) is 12.1 Å². The molecule has 0 aliphatic carbocycles. The minimum atomic E-state index is -0.343. The van der Waals surface area contributed by atoms with Crippen molar-refractivity contribution in [2.45, 2.75) is 59.7 Å². The lowest BCUT2D eigenvalue weighted by Crippen LogP contribution is -2.41. The van der Waals surface area contributed by atoms with E-state index in [0.717, 1.165) is 29.8 Å². The molecule has 26 heavy (non-hydrogen) atoms. The fourth-order valence-corrected chi connectivity index (χ4v) is 3.50. The van der Waals surface area contributed by atoms with Gasteiger partial charge in [0.05, 0.1) is 5.02 Å². The highest BCUT2D eigenvalue weighted by molar-refractivity contribution is 6.31. The first kappa shape index (κ1) is 20.7. The van der Waals surface area contributed by atoms with Gasteiger partial charge in [-0.3, -0.25) is 0 Å². The predicted molar refractivity (Wildman–Crippen MR) is 107 cm³/mol. The SMILES string of the molecule is CC(C)(C)CC(C)(C)NCc1cccc(OCc2ccc(F)cc2Cl)c1. The molecule has 0 bridgehead atoms. The first-order chi connectivity index (χ1) is 12.0. The summed E-state index contributed by atoms with van der Waals surface area (Å²) in [5, 5.41) is 4.01. The molecule has 0 aliphatic rings. The van der Waals surface area contributed by atoms with Crippen molar-refractivity contribution in [1.29, 1.82) is 0 Å². The maximum absolute atomic E-state index is 13.1. The van der Waals surface area contributed by atoms with Crippen LogP contribution in [0.3, 0.4) is 0 Å².